The molecule has 0 radical (unpaired) electrons. The summed E-state index contributed by atoms with van der Waals surface area (Å²) >= 11 is 0. The third kappa shape index (κ3) is 4.10. The minimum absolute atomic E-state index is 0.0795. The molecule has 0 saturated carbocycles. The van der Waals surface area contributed by atoms with Crippen molar-refractivity contribution in [1.29, 1.82) is 0 Å². The SMILES string of the molecule is CNC(=O)Cc1ccc(NC(=O)c2ccc(F)nc2)cc1. The van der Waals surface area contributed by atoms with Crippen molar-refractivity contribution in [2.24, 2.45) is 0 Å². The lowest BCUT2D eigenvalue weighted by atomic mass is 10.1. The van der Waals surface area contributed by atoms with Gasteiger partial charge in [0.05, 0.1) is 12.0 Å². The third-order valence-electron chi connectivity index (χ3n) is 2.84. The third-order valence-corrected chi connectivity index (χ3v) is 2.84. The van der Waals surface area contributed by atoms with Crippen LogP contribution in [0.25, 0.3) is 0 Å². The molecule has 0 aliphatic rings. The number of likely N-dealkylation sites (N-methyl/N-ethyl adjacent to an activating group) is 1. The molecule has 2 aromatic rings. The van der Waals surface area contributed by atoms with Gasteiger partial charge in [0.1, 0.15) is 0 Å². The van der Waals surface area contributed by atoms with Crippen LogP contribution in [0.3, 0.4) is 0 Å². The van der Waals surface area contributed by atoms with Crippen molar-refractivity contribution in [3.8, 4) is 0 Å². The van der Waals surface area contributed by atoms with E-state index in [1.807, 2.05) is 0 Å². The number of hydrogen-bond donors (Lipinski definition) is 2. The molecule has 0 aliphatic heterocycles. The molecule has 2 rings (SSSR count). The number of pyridine rings is 1. The van der Waals surface area contributed by atoms with Gasteiger partial charge in [-0.1, -0.05) is 12.1 Å². The van der Waals surface area contributed by atoms with Gasteiger partial charge in [-0.05, 0) is 29.8 Å². The quantitative estimate of drug-likeness (QED) is 0.842. The summed E-state index contributed by atoms with van der Waals surface area (Å²) in [6.07, 6.45) is 1.46. The first-order valence-electron chi connectivity index (χ1n) is 6.31. The summed E-state index contributed by atoms with van der Waals surface area (Å²) in [5.41, 5.74) is 1.70. The van der Waals surface area contributed by atoms with E-state index < -0.39 is 5.95 Å². The van der Waals surface area contributed by atoms with E-state index in [9.17, 15) is 14.0 Å². The second-order valence-electron chi connectivity index (χ2n) is 4.37. The van der Waals surface area contributed by atoms with Crippen LogP contribution in [0.2, 0.25) is 0 Å². The number of carbonyl (C=O) groups excluding carboxylic acids is 2. The zero-order valence-electron chi connectivity index (χ0n) is 11.4. The first kappa shape index (κ1) is 14.6. The van der Waals surface area contributed by atoms with Gasteiger partial charge in [0.2, 0.25) is 11.9 Å². The molecule has 0 fully saturated rings. The number of hydrogen-bond acceptors (Lipinski definition) is 3. The molecule has 0 bridgehead atoms. The highest BCUT2D eigenvalue weighted by Crippen LogP contribution is 2.12. The summed E-state index contributed by atoms with van der Waals surface area (Å²) in [6, 6.07) is 9.40. The Labute approximate surface area is 121 Å². The maximum absolute atomic E-state index is 12.7. The largest absolute Gasteiger partial charge is 0.359 e. The highest BCUT2D eigenvalue weighted by Gasteiger charge is 2.07. The van der Waals surface area contributed by atoms with Crippen LogP contribution in [0.4, 0.5) is 10.1 Å². The molecule has 0 saturated heterocycles. The van der Waals surface area contributed by atoms with Crippen LogP contribution in [-0.2, 0) is 11.2 Å². The van der Waals surface area contributed by atoms with Crippen LogP contribution < -0.4 is 10.6 Å². The van der Waals surface area contributed by atoms with Crippen LogP contribution in [0.1, 0.15) is 15.9 Å². The second-order valence-corrected chi connectivity index (χ2v) is 4.37. The average molecular weight is 287 g/mol. The van der Waals surface area contributed by atoms with E-state index in [2.05, 4.69) is 15.6 Å². The van der Waals surface area contributed by atoms with Gasteiger partial charge in [-0.25, -0.2) is 4.98 Å². The predicted molar refractivity (Wildman–Crippen MR) is 76.4 cm³/mol. The van der Waals surface area contributed by atoms with Gasteiger partial charge in [-0.3, -0.25) is 9.59 Å². The monoisotopic (exact) mass is 287 g/mol. The highest BCUT2D eigenvalue weighted by atomic mass is 19.1. The Morgan fingerprint density at radius 1 is 1.14 bits per heavy atom. The van der Waals surface area contributed by atoms with Crippen LogP contribution in [0.5, 0.6) is 0 Å². The first-order chi connectivity index (χ1) is 10.1. The number of nitrogens with one attached hydrogen (secondary N) is 2. The molecule has 2 amide bonds. The molecule has 21 heavy (non-hydrogen) atoms. The molecule has 1 heterocycles. The summed E-state index contributed by atoms with van der Waals surface area (Å²) in [7, 11) is 1.58. The van der Waals surface area contributed by atoms with Gasteiger partial charge in [-0.15, -0.1) is 0 Å². The molecule has 0 aliphatic carbocycles. The van der Waals surface area contributed by atoms with E-state index in [0.717, 1.165) is 11.6 Å². The van der Waals surface area contributed by atoms with Gasteiger partial charge in [0.15, 0.2) is 0 Å². The summed E-state index contributed by atoms with van der Waals surface area (Å²) in [4.78, 5) is 26.6. The van der Waals surface area contributed by atoms with Gasteiger partial charge < -0.3 is 10.6 Å². The predicted octanol–water partition coefficient (Wildman–Crippen LogP) is 1.76. The van der Waals surface area contributed by atoms with E-state index >= 15 is 0 Å². The zero-order valence-corrected chi connectivity index (χ0v) is 11.4. The Kier molecular flexibility index (Phi) is 4.61. The Bertz CT molecular complexity index is 639. The number of aromatic nitrogens is 1. The fourth-order valence-electron chi connectivity index (χ4n) is 1.69. The maximum atomic E-state index is 12.7. The molecule has 108 valence electrons. The number of amides is 2. The number of halogens is 1. The number of rotatable bonds is 4. The Morgan fingerprint density at radius 2 is 1.86 bits per heavy atom. The number of nitrogens with zero attached hydrogens (tertiary/aromatic N) is 1. The van der Waals surface area contributed by atoms with E-state index in [-0.39, 0.29) is 23.8 Å². The van der Waals surface area contributed by atoms with Crippen molar-refractivity contribution in [2.45, 2.75) is 6.42 Å². The molecule has 0 unspecified atom stereocenters. The maximum Gasteiger partial charge on any atom is 0.257 e. The summed E-state index contributed by atoms with van der Waals surface area (Å²) in [6.45, 7) is 0. The minimum atomic E-state index is -0.634. The lowest BCUT2D eigenvalue weighted by molar-refractivity contribution is -0.119. The number of carbonyl (C=O) groups is 2. The minimum Gasteiger partial charge on any atom is -0.359 e. The summed E-state index contributed by atoms with van der Waals surface area (Å²) in [5.74, 6) is -1.09. The standard InChI is InChI=1S/C15H14FN3O2/c1-17-14(20)8-10-2-5-12(6-3-10)19-15(21)11-4-7-13(16)18-9-11/h2-7,9H,8H2,1H3,(H,17,20)(H,19,21). The molecule has 5 nitrogen and oxygen atoms in total. The van der Waals surface area contributed by atoms with E-state index in [0.29, 0.717) is 5.69 Å². The van der Waals surface area contributed by atoms with E-state index in [1.165, 1.54) is 12.3 Å². The number of anilines is 1. The van der Waals surface area contributed by atoms with Crippen LogP contribution >= 0.6 is 0 Å². The lowest BCUT2D eigenvalue weighted by Gasteiger charge is -2.06. The van der Waals surface area contributed by atoms with Crippen molar-refractivity contribution >= 4 is 17.5 Å². The normalized spacial score (nSPS) is 10.0. The summed E-state index contributed by atoms with van der Waals surface area (Å²) in [5, 5.41) is 5.21. The van der Waals surface area contributed by atoms with Gasteiger partial charge in [-0.2, -0.15) is 4.39 Å². The van der Waals surface area contributed by atoms with Gasteiger partial charge >= 0.3 is 0 Å². The number of benzene rings is 1. The highest BCUT2D eigenvalue weighted by molar-refractivity contribution is 6.04. The smallest absolute Gasteiger partial charge is 0.257 e. The van der Waals surface area contributed by atoms with Gasteiger partial charge in [0.25, 0.3) is 5.91 Å². The topological polar surface area (TPSA) is 71.1 Å². The molecule has 0 spiro atoms. The molecular formula is C15H14FN3O2. The molecule has 0 atom stereocenters. The van der Waals surface area contributed by atoms with Crippen molar-refractivity contribution in [2.75, 3.05) is 12.4 Å². The molecule has 6 heteroatoms. The molecule has 1 aromatic heterocycles. The van der Waals surface area contributed by atoms with E-state index in [4.69, 9.17) is 0 Å². The molecular weight excluding hydrogens is 273 g/mol. The van der Waals surface area contributed by atoms with Crippen LogP contribution in [-0.4, -0.2) is 23.8 Å². The fourth-order valence-corrected chi connectivity index (χ4v) is 1.69. The fraction of sp³-hybridized carbons (Fsp3) is 0.133. The summed E-state index contributed by atoms with van der Waals surface area (Å²) < 4.78 is 12.7. The van der Waals surface area contributed by atoms with E-state index in [1.54, 1.807) is 31.3 Å². The molecule has 1 aromatic carbocycles. The van der Waals surface area contributed by atoms with Crippen molar-refractivity contribution in [3.05, 3.63) is 59.7 Å². The zero-order chi connectivity index (χ0) is 15.2. The molecule has 2 N–H and O–H groups in total. The second kappa shape index (κ2) is 6.60. The van der Waals surface area contributed by atoms with Crippen molar-refractivity contribution in [3.63, 3.8) is 0 Å². The Balaban J connectivity index is 2.01. The van der Waals surface area contributed by atoms with Crippen molar-refractivity contribution < 1.29 is 14.0 Å². The van der Waals surface area contributed by atoms with Crippen molar-refractivity contribution in [1.82, 2.24) is 10.3 Å². The Morgan fingerprint density at radius 3 is 2.43 bits per heavy atom. The Hall–Kier alpha value is -2.76. The van der Waals surface area contributed by atoms with Crippen LogP contribution in [0.15, 0.2) is 42.6 Å². The van der Waals surface area contributed by atoms with Gasteiger partial charge in [0, 0.05) is 18.9 Å². The first-order valence-corrected chi connectivity index (χ1v) is 6.31. The average Bonchev–Trinajstić information content (AvgIpc) is 2.49. The van der Waals surface area contributed by atoms with Crippen LogP contribution in [0, 0.1) is 5.95 Å². The lowest BCUT2D eigenvalue weighted by Crippen LogP contribution is -2.19.